The van der Waals surface area contributed by atoms with Gasteiger partial charge in [-0.1, -0.05) is 49.2 Å². The molecule has 8 heteroatoms. The maximum atomic E-state index is 13.5. The molecule has 7 nitrogen and oxygen atoms in total. The van der Waals surface area contributed by atoms with Crippen molar-refractivity contribution < 1.29 is 8.42 Å². The zero-order chi connectivity index (χ0) is 21.3. The highest BCUT2D eigenvalue weighted by molar-refractivity contribution is 7.91. The third-order valence-electron chi connectivity index (χ3n) is 5.18. The molecule has 4 aromatic rings. The summed E-state index contributed by atoms with van der Waals surface area (Å²) in [4.78, 5) is 4.89. The van der Waals surface area contributed by atoms with Gasteiger partial charge in [0.25, 0.3) is 0 Å². The van der Waals surface area contributed by atoms with Gasteiger partial charge in [-0.2, -0.15) is 4.52 Å². The first-order chi connectivity index (χ1) is 14.4. The van der Waals surface area contributed by atoms with Crippen molar-refractivity contribution in [2.75, 3.05) is 11.9 Å². The number of aryl methyl sites for hydroxylation is 2. The molecule has 30 heavy (non-hydrogen) atoms. The smallest absolute Gasteiger partial charge is 0.229 e. The summed E-state index contributed by atoms with van der Waals surface area (Å²) in [5, 5.41) is 12.3. The van der Waals surface area contributed by atoms with Crippen molar-refractivity contribution in [2.45, 2.75) is 50.0 Å². The number of sulfone groups is 1. The molecule has 0 fully saturated rings. The molecule has 2 aromatic heterocycles. The van der Waals surface area contributed by atoms with Crippen molar-refractivity contribution in [3.63, 3.8) is 0 Å². The van der Waals surface area contributed by atoms with Crippen molar-refractivity contribution in [1.29, 1.82) is 0 Å². The highest BCUT2D eigenvalue weighted by atomic mass is 32.2. The van der Waals surface area contributed by atoms with Crippen molar-refractivity contribution in [3.8, 4) is 0 Å². The lowest BCUT2D eigenvalue weighted by Gasteiger charge is -2.11. The Morgan fingerprint density at radius 1 is 1.07 bits per heavy atom. The first kappa shape index (κ1) is 20.3. The van der Waals surface area contributed by atoms with Gasteiger partial charge in [0.1, 0.15) is 5.82 Å². The molecule has 0 saturated heterocycles. The molecule has 0 aliphatic carbocycles. The molecule has 0 unspecified atom stereocenters. The van der Waals surface area contributed by atoms with E-state index in [1.165, 1.54) is 4.52 Å². The molecule has 4 rings (SSSR count). The third kappa shape index (κ3) is 3.52. The van der Waals surface area contributed by atoms with Crippen molar-refractivity contribution in [1.82, 2.24) is 19.8 Å². The Morgan fingerprint density at radius 3 is 2.67 bits per heavy atom. The van der Waals surface area contributed by atoms with Crippen LogP contribution >= 0.6 is 0 Å². The van der Waals surface area contributed by atoms with Crippen LogP contribution in [0.25, 0.3) is 16.6 Å². The zero-order valence-corrected chi connectivity index (χ0v) is 18.2. The van der Waals surface area contributed by atoms with Gasteiger partial charge < -0.3 is 5.32 Å². The number of hydrogen-bond acceptors (Lipinski definition) is 6. The number of unbranched alkanes of at least 4 members (excludes halogenated alkanes) is 2. The van der Waals surface area contributed by atoms with Crippen LogP contribution in [0.1, 0.15) is 37.3 Å². The van der Waals surface area contributed by atoms with Crippen LogP contribution in [0.15, 0.2) is 52.4 Å². The summed E-state index contributed by atoms with van der Waals surface area (Å²) in [5.41, 5.74) is 2.52. The number of aromatic nitrogens is 4. The van der Waals surface area contributed by atoms with E-state index in [0.717, 1.165) is 42.3 Å². The number of rotatable bonds is 7. The van der Waals surface area contributed by atoms with Crippen LogP contribution in [0.4, 0.5) is 5.82 Å². The number of anilines is 1. The van der Waals surface area contributed by atoms with Gasteiger partial charge in [-0.3, -0.25) is 0 Å². The Morgan fingerprint density at radius 2 is 1.87 bits per heavy atom. The number of nitrogens with zero attached hydrogens (tertiary/aromatic N) is 4. The van der Waals surface area contributed by atoms with E-state index in [1.54, 1.807) is 19.1 Å². The first-order valence-electron chi connectivity index (χ1n) is 10.1. The van der Waals surface area contributed by atoms with Gasteiger partial charge in [-0.25, -0.2) is 13.4 Å². The van der Waals surface area contributed by atoms with Crippen LogP contribution < -0.4 is 5.32 Å². The van der Waals surface area contributed by atoms with Crippen LogP contribution in [0.3, 0.4) is 0 Å². The molecular formula is C22H25N5O2S. The predicted octanol–water partition coefficient (Wildman–Crippen LogP) is 4.33. The molecule has 0 spiro atoms. The van der Waals surface area contributed by atoms with E-state index >= 15 is 0 Å². The molecule has 156 valence electrons. The van der Waals surface area contributed by atoms with Gasteiger partial charge in [0, 0.05) is 11.9 Å². The van der Waals surface area contributed by atoms with E-state index in [4.69, 9.17) is 0 Å². The minimum atomic E-state index is -3.87. The van der Waals surface area contributed by atoms with Gasteiger partial charge in [-0.15, -0.1) is 5.10 Å². The Labute approximate surface area is 176 Å². The number of hydrogen-bond donors (Lipinski definition) is 1. The predicted molar refractivity (Wildman–Crippen MR) is 118 cm³/mol. The maximum Gasteiger partial charge on any atom is 0.229 e. The van der Waals surface area contributed by atoms with E-state index in [2.05, 4.69) is 27.5 Å². The van der Waals surface area contributed by atoms with E-state index < -0.39 is 9.84 Å². The monoisotopic (exact) mass is 423 g/mol. The van der Waals surface area contributed by atoms with Crippen LogP contribution in [0.2, 0.25) is 0 Å². The maximum absolute atomic E-state index is 13.5. The van der Waals surface area contributed by atoms with Gasteiger partial charge in [-0.05, 0) is 49.6 Å². The SMILES string of the molecule is CCCCCNc1nc2c(S(=O)(=O)c3cc(C)ccc3C)nnn2c2ccccc12. The fourth-order valence-corrected chi connectivity index (χ4v) is 5.09. The fraction of sp³-hybridized carbons (Fsp3) is 0.318. The number of para-hydroxylation sites is 1. The van der Waals surface area contributed by atoms with Crippen LogP contribution in [-0.4, -0.2) is 34.8 Å². The average molecular weight is 424 g/mol. The summed E-state index contributed by atoms with van der Waals surface area (Å²) in [6.45, 7) is 6.57. The largest absolute Gasteiger partial charge is 0.369 e. The molecule has 0 aliphatic heterocycles. The van der Waals surface area contributed by atoms with E-state index in [0.29, 0.717) is 11.4 Å². The summed E-state index contributed by atoms with van der Waals surface area (Å²) in [7, 11) is -3.87. The fourth-order valence-electron chi connectivity index (χ4n) is 3.54. The Balaban J connectivity index is 1.90. The summed E-state index contributed by atoms with van der Waals surface area (Å²) >= 11 is 0. The molecule has 2 heterocycles. The molecule has 0 aliphatic rings. The zero-order valence-electron chi connectivity index (χ0n) is 17.4. The van der Waals surface area contributed by atoms with Crippen LogP contribution in [-0.2, 0) is 9.84 Å². The second kappa shape index (κ2) is 8.02. The molecular weight excluding hydrogens is 398 g/mol. The van der Waals surface area contributed by atoms with Gasteiger partial charge in [0.2, 0.25) is 14.9 Å². The normalized spacial score (nSPS) is 12.0. The molecule has 0 amide bonds. The molecule has 0 bridgehead atoms. The standard InChI is InChI=1S/C22H25N5O2S/c1-4-5-8-13-23-20-17-9-6-7-10-18(17)27-21(24-20)22(25-26-27)30(28,29)19-14-15(2)11-12-16(19)3/h6-7,9-12,14H,4-5,8,13H2,1-3H3,(H,23,24). The Bertz CT molecular complexity index is 1330. The average Bonchev–Trinajstić information content (AvgIpc) is 3.18. The topological polar surface area (TPSA) is 89.2 Å². The van der Waals surface area contributed by atoms with Gasteiger partial charge in [0.15, 0.2) is 5.65 Å². The molecule has 1 N–H and O–H groups in total. The molecule has 0 atom stereocenters. The minimum absolute atomic E-state index is 0.126. The quantitative estimate of drug-likeness (QED) is 0.445. The Kier molecular flexibility index (Phi) is 5.42. The number of nitrogens with one attached hydrogen (secondary N) is 1. The van der Waals surface area contributed by atoms with Gasteiger partial charge in [0.05, 0.1) is 10.4 Å². The van der Waals surface area contributed by atoms with Crippen LogP contribution in [0.5, 0.6) is 0 Å². The highest BCUT2D eigenvalue weighted by Crippen LogP contribution is 2.29. The number of benzene rings is 2. The summed E-state index contributed by atoms with van der Waals surface area (Å²) < 4.78 is 28.4. The van der Waals surface area contributed by atoms with E-state index in [9.17, 15) is 8.42 Å². The third-order valence-corrected chi connectivity index (χ3v) is 6.97. The van der Waals surface area contributed by atoms with E-state index in [1.807, 2.05) is 37.3 Å². The lowest BCUT2D eigenvalue weighted by Crippen LogP contribution is -2.09. The summed E-state index contributed by atoms with van der Waals surface area (Å²) in [5.74, 6) is 0.647. The highest BCUT2D eigenvalue weighted by Gasteiger charge is 2.28. The van der Waals surface area contributed by atoms with Gasteiger partial charge >= 0.3 is 0 Å². The summed E-state index contributed by atoms with van der Waals surface area (Å²) in [6, 6.07) is 13.0. The van der Waals surface area contributed by atoms with Crippen molar-refractivity contribution in [3.05, 3.63) is 53.6 Å². The lowest BCUT2D eigenvalue weighted by molar-refractivity contribution is 0.592. The molecule has 0 saturated carbocycles. The molecule has 0 radical (unpaired) electrons. The molecule has 2 aromatic carbocycles. The minimum Gasteiger partial charge on any atom is -0.369 e. The lowest BCUT2D eigenvalue weighted by atomic mass is 10.2. The first-order valence-corrected chi connectivity index (χ1v) is 11.6. The summed E-state index contributed by atoms with van der Waals surface area (Å²) in [6.07, 6.45) is 3.26. The number of fused-ring (bicyclic) bond motifs is 3. The van der Waals surface area contributed by atoms with Crippen molar-refractivity contribution in [2.24, 2.45) is 0 Å². The van der Waals surface area contributed by atoms with Crippen LogP contribution in [0, 0.1) is 13.8 Å². The Hall–Kier alpha value is -3.00. The van der Waals surface area contributed by atoms with Crippen molar-refractivity contribution >= 4 is 32.2 Å². The van der Waals surface area contributed by atoms with E-state index in [-0.39, 0.29) is 15.6 Å². The second-order valence-electron chi connectivity index (χ2n) is 7.51. The second-order valence-corrected chi connectivity index (χ2v) is 9.35.